The zero-order valence-corrected chi connectivity index (χ0v) is 11.0. The van der Waals surface area contributed by atoms with Gasteiger partial charge >= 0.3 is 0 Å². The van der Waals surface area contributed by atoms with E-state index in [0.29, 0.717) is 18.4 Å². The molecule has 4 nitrogen and oxygen atoms in total. The average molecular weight is 261 g/mol. The largest absolute Gasteiger partial charge is 0.507 e. The van der Waals surface area contributed by atoms with Gasteiger partial charge in [0.1, 0.15) is 5.75 Å². The number of piperidine rings is 1. The maximum atomic E-state index is 12.6. The highest BCUT2D eigenvalue weighted by Crippen LogP contribution is 2.37. The lowest BCUT2D eigenvalue weighted by Crippen LogP contribution is -2.48. The summed E-state index contributed by atoms with van der Waals surface area (Å²) in [5.41, 5.74) is 1.31. The number of benzene rings is 1. The zero-order chi connectivity index (χ0) is 13.6. The predicted octanol–water partition coefficient (Wildman–Crippen LogP) is 1.83. The Morgan fingerprint density at radius 3 is 2.47 bits per heavy atom. The van der Waals surface area contributed by atoms with E-state index < -0.39 is 0 Å². The summed E-state index contributed by atoms with van der Waals surface area (Å²) >= 11 is 0. The lowest BCUT2D eigenvalue weighted by atomic mass is 9.98. The van der Waals surface area contributed by atoms with Crippen LogP contribution in [0.5, 0.6) is 5.75 Å². The Morgan fingerprint density at radius 2 is 1.89 bits per heavy atom. The molecule has 2 heterocycles. The van der Waals surface area contributed by atoms with Crippen LogP contribution in [0, 0.1) is 6.92 Å². The van der Waals surface area contributed by atoms with Gasteiger partial charge < -0.3 is 15.1 Å². The number of phenols is 1. The Morgan fingerprint density at radius 1 is 1.26 bits per heavy atom. The summed E-state index contributed by atoms with van der Waals surface area (Å²) in [6.07, 6.45) is 2.96. The van der Waals surface area contributed by atoms with Crippen LogP contribution in [0.2, 0.25) is 0 Å². The standard InChI is InChI=1S/C15H19NO3/c1-9-2-5-13(14(18)6-9)15(19)16-10-3-4-11(16)8-12(17)7-10/h2,5-6,10-12,17-18H,3-4,7-8H2,1H3. The van der Waals surface area contributed by atoms with Crippen LogP contribution in [0.4, 0.5) is 0 Å². The first kappa shape index (κ1) is 12.5. The summed E-state index contributed by atoms with van der Waals surface area (Å²) < 4.78 is 0. The van der Waals surface area contributed by atoms with E-state index >= 15 is 0 Å². The number of aromatic hydroxyl groups is 1. The van der Waals surface area contributed by atoms with Crippen LogP contribution in [0.25, 0.3) is 0 Å². The van der Waals surface area contributed by atoms with Crippen LogP contribution >= 0.6 is 0 Å². The predicted molar refractivity (Wildman–Crippen MR) is 71.1 cm³/mol. The number of amides is 1. The normalized spacial score (nSPS) is 29.6. The molecule has 0 saturated carbocycles. The molecule has 0 spiro atoms. The summed E-state index contributed by atoms with van der Waals surface area (Å²) in [6.45, 7) is 1.88. The van der Waals surface area contributed by atoms with E-state index in [2.05, 4.69) is 0 Å². The maximum Gasteiger partial charge on any atom is 0.258 e. The Balaban J connectivity index is 1.88. The van der Waals surface area contributed by atoms with Crippen LogP contribution < -0.4 is 0 Å². The van der Waals surface area contributed by atoms with Crippen LogP contribution in [0.1, 0.15) is 41.6 Å². The molecule has 1 aromatic rings. The fraction of sp³-hybridized carbons (Fsp3) is 0.533. The summed E-state index contributed by atoms with van der Waals surface area (Å²) in [6, 6.07) is 5.41. The summed E-state index contributed by atoms with van der Waals surface area (Å²) in [4.78, 5) is 14.5. The van der Waals surface area contributed by atoms with Crippen molar-refractivity contribution >= 4 is 5.91 Å². The number of fused-ring (bicyclic) bond motifs is 2. The van der Waals surface area contributed by atoms with Crippen LogP contribution in [0.15, 0.2) is 18.2 Å². The number of phenolic OH excluding ortho intramolecular Hbond substituents is 1. The number of hydrogen-bond donors (Lipinski definition) is 2. The molecule has 2 bridgehead atoms. The Hall–Kier alpha value is -1.55. The zero-order valence-electron chi connectivity index (χ0n) is 11.0. The number of aryl methyl sites for hydroxylation is 1. The molecule has 102 valence electrons. The molecule has 1 aromatic carbocycles. The van der Waals surface area contributed by atoms with Gasteiger partial charge in [0.2, 0.25) is 0 Å². The van der Waals surface area contributed by atoms with Crippen LogP contribution in [0.3, 0.4) is 0 Å². The van der Waals surface area contributed by atoms with E-state index in [4.69, 9.17) is 0 Å². The van der Waals surface area contributed by atoms with Gasteiger partial charge in [0.25, 0.3) is 5.91 Å². The van der Waals surface area contributed by atoms with E-state index in [-0.39, 0.29) is 29.8 Å². The average Bonchev–Trinajstić information content (AvgIpc) is 2.61. The number of carbonyl (C=O) groups excluding carboxylic acids is 1. The van der Waals surface area contributed by atoms with E-state index in [1.54, 1.807) is 12.1 Å². The first-order valence-electron chi connectivity index (χ1n) is 6.86. The lowest BCUT2D eigenvalue weighted by molar-refractivity contribution is 0.0285. The van der Waals surface area contributed by atoms with Crippen molar-refractivity contribution in [1.82, 2.24) is 4.90 Å². The lowest BCUT2D eigenvalue weighted by Gasteiger charge is -2.37. The smallest absolute Gasteiger partial charge is 0.258 e. The molecule has 4 heteroatoms. The molecule has 2 saturated heterocycles. The SMILES string of the molecule is Cc1ccc(C(=O)N2C3CCC2CC(O)C3)c(O)c1. The van der Waals surface area contributed by atoms with Crippen molar-refractivity contribution < 1.29 is 15.0 Å². The molecule has 2 atom stereocenters. The van der Waals surface area contributed by atoms with Gasteiger partial charge in [-0.3, -0.25) is 4.79 Å². The van der Waals surface area contributed by atoms with Crippen molar-refractivity contribution in [3.05, 3.63) is 29.3 Å². The highest BCUT2D eigenvalue weighted by molar-refractivity contribution is 5.97. The van der Waals surface area contributed by atoms with Crippen molar-refractivity contribution in [1.29, 1.82) is 0 Å². The van der Waals surface area contributed by atoms with Crippen molar-refractivity contribution in [3.8, 4) is 5.75 Å². The Kier molecular flexibility index (Phi) is 2.97. The third kappa shape index (κ3) is 2.10. The molecule has 2 unspecified atom stereocenters. The second-order valence-corrected chi connectivity index (χ2v) is 5.74. The number of hydrogen-bond acceptors (Lipinski definition) is 3. The van der Waals surface area contributed by atoms with Gasteiger partial charge in [-0.05, 0) is 50.3 Å². The van der Waals surface area contributed by atoms with Gasteiger partial charge in [-0.15, -0.1) is 0 Å². The van der Waals surface area contributed by atoms with Gasteiger partial charge in [-0.1, -0.05) is 6.07 Å². The monoisotopic (exact) mass is 261 g/mol. The molecule has 0 aliphatic carbocycles. The van der Waals surface area contributed by atoms with Crippen molar-refractivity contribution in [2.24, 2.45) is 0 Å². The van der Waals surface area contributed by atoms with Gasteiger partial charge in [0.05, 0.1) is 11.7 Å². The summed E-state index contributed by atoms with van der Waals surface area (Å²) in [7, 11) is 0. The van der Waals surface area contributed by atoms with Crippen molar-refractivity contribution in [2.45, 2.75) is 50.8 Å². The highest BCUT2D eigenvalue weighted by Gasteiger charge is 2.43. The highest BCUT2D eigenvalue weighted by atomic mass is 16.3. The number of nitrogens with zero attached hydrogens (tertiary/aromatic N) is 1. The van der Waals surface area contributed by atoms with Gasteiger partial charge in [-0.25, -0.2) is 0 Å². The fourth-order valence-electron chi connectivity index (χ4n) is 3.44. The molecule has 2 fully saturated rings. The molecule has 19 heavy (non-hydrogen) atoms. The van der Waals surface area contributed by atoms with E-state index in [9.17, 15) is 15.0 Å². The minimum atomic E-state index is -0.284. The minimum absolute atomic E-state index is 0.0514. The molecular formula is C15H19NO3. The van der Waals surface area contributed by atoms with Gasteiger partial charge in [0, 0.05) is 12.1 Å². The molecular weight excluding hydrogens is 242 g/mol. The van der Waals surface area contributed by atoms with Gasteiger partial charge in [0.15, 0.2) is 0 Å². The van der Waals surface area contributed by atoms with Crippen molar-refractivity contribution in [3.63, 3.8) is 0 Å². The maximum absolute atomic E-state index is 12.6. The molecule has 3 rings (SSSR count). The first-order valence-corrected chi connectivity index (χ1v) is 6.86. The number of rotatable bonds is 1. The van der Waals surface area contributed by atoms with Gasteiger partial charge in [-0.2, -0.15) is 0 Å². The summed E-state index contributed by atoms with van der Waals surface area (Å²) in [5.74, 6) is -0.0487. The Labute approximate surface area is 112 Å². The summed E-state index contributed by atoms with van der Waals surface area (Å²) in [5, 5.41) is 19.7. The second-order valence-electron chi connectivity index (χ2n) is 5.74. The minimum Gasteiger partial charge on any atom is -0.507 e. The van der Waals surface area contributed by atoms with E-state index in [0.717, 1.165) is 18.4 Å². The first-order chi connectivity index (χ1) is 9.06. The quantitative estimate of drug-likeness (QED) is 0.810. The van der Waals surface area contributed by atoms with E-state index in [1.807, 2.05) is 17.9 Å². The molecule has 2 aliphatic heterocycles. The molecule has 1 amide bonds. The number of aliphatic hydroxyl groups is 1. The fourth-order valence-corrected chi connectivity index (χ4v) is 3.44. The van der Waals surface area contributed by atoms with Crippen LogP contribution in [-0.4, -0.2) is 39.2 Å². The second kappa shape index (κ2) is 4.53. The molecule has 0 aromatic heterocycles. The third-order valence-electron chi connectivity index (χ3n) is 4.33. The van der Waals surface area contributed by atoms with E-state index in [1.165, 1.54) is 0 Å². The molecule has 0 radical (unpaired) electrons. The number of aliphatic hydroxyl groups excluding tert-OH is 1. The molecule has 2 aliphatic rings. The number of carbonyl (C=O) groups is 1. The van der Waals surface area contributed by atoms with Crippen molar-refractivity contribution in [2.75, 3.05) is 0 Å². The topological polar surface area (TPSA) is 60.8 Å². The van der Waals surface area contributed by atoms with Crippen LogP contribution in [-0.2, 0) is 0 Å². The third-order valence-corrected chi connectivity index (χ3v) is 4.33. The molecule has 2 N–H and O–H groups in total. The Bertz CT molecular complexity index is 500.